The lowest BCUT2D eigenvalue weighted by Crippen LogP contribution is -2.05. The standard InChI is InChI=1S/C14H11N5/c1-9-7-11(8-15)18-14(16-9)19-10(2)17-12-5-3-4-6-13(12)19/h3-7H,1-2H3. The van der Waals surface area contributed by atoms with E-state index in [2.05, 4.69) is 21.0 Å². The summed E-state index contributed by atoms with van der Waals surface area (Å²) in [7, 11) is 0. The number of benzene rings is 1. The van der Waals surface area contributed by atoms with Gasteiger partial charge in [-0.1, -0.05) is 12.1 Å². The highest BCUT2D eigenvalue weighted by Crippen LogP contribution is 2.19. The Bertz CT molecular complexity index is 810. The van der Waals surface area contributed by atoms with Crippen LogP contribution in [0, 0.1) is 25.2 Å². The van der Waals surface area contributed by atoms with Crippen LogP contribution in [-0.2, 0) is 0 Å². The molecule has 0 N–H and O–H groups in total. The molecule has 19 heavy (non-hydrogen) atoms. The van der Waals surface area contributed by atoms with E-state index >= 15 is 0 Å². The molecule has 2 heterocycles. The van der Waals surface area contributed by atoms with Gasteiger partial charge in [-0.3, -0.25) is 4.57 Å². The second-order valence-electron chi connectivity index (χ2n) is 4.29. The number of rotatable bonds is 1. The molecule has 0 aliphatic rings. The molecule has 3 rings (SSSR count). The molecule has 0 bridgehead atoms. The fraction of sp³-hybridized carbons (Fsp3) is 0.143. The molecular weight excluding hydrogens is 238 g/mol. The van der Waals surface area contributed by atoms with Crippen LogP contribution in [0.15, 0.2) is 30.3 Å². The van der Waals surface area contributed by atoms with E-state index in [-0.39, 0.29) is 0 Å². The van der Waals surface area contributed by atoms with E-state index in [0.717, 1.165) is 22.6 Å². The summed E-state index contributed by atoms with van der Waals surface area (Å²) in [4.78, 5) is 13.1. The molecule has 0 amide bonds. The van der Waals surface area contributed by atoms with Crippen LogP contribution < -0.4 is 0 Å². The fourth-order valence-electron chi connectivity index (χ4n) is 2.11. The zero-order valence-electron chi connectivity index (χ0n) is 10.6. The van der Waals surface area contributed by atoms with Crippen molar-refractivity contribution in [3.8, 4) is 12.0 Å². The summed E-state index contributed by atoms with van der Waals surface area (Å²) in [6.45, 7) is 3.75. The summed E-state index contributed by atoms with van der Waals surface area (Å²) in [5.74, 6) is 1.29. The summed E-state index contributed by atoms with van der Waals surface area (Å²) in [5.41, 5.74) is 2.96. The van der Waals surface area contributed by atoms with Crippen LogP contribution in [0.2, 0.25) is 0 Å². The Balaban J connectivity index is 2.33. The van der Waals surface area contributed by atoms with E-state index in [0.29, 0.717) is 11.6 Å². The number of aromatic nitrogens is 4. The second-order valence-corrected chi connectivity index (χ2v) is 4.29. The summed E-state index contributed by atoms with van der Waals surface area (Å²) in [6, 6.07) is 11.5. The summed E-state index contributed by atoms with van der Waals surface area (Å²) in [6.07, 6.45) is 0. The molecule has 0 atom stereocenters. The van der Waals surface area contributed by atoms with Gasteiger partial charge in [0.15, 0.2) is 0 Å². The Labute approximate surface area is 110 Å². The number of fused-ring (bicyclic) bond motifs is 1. The Kier molecular flexibility index (Phi) is 2.50. The van der Waals surface area contributed by atoms with Gasteiger partial charge in [-0.25, -0.2) is 15.0 Å². The quantitative estimate of drug-likeness (QED) is 0.663. The highest BCUT2D eigenvalue weighted by Gasteiger charge is 2.12. The molecule has 0 aliphatic carbocycles. The summed E-state index contributed by atoms with van der Waals surface area (Å²) in [5, 5.41) is 9.00. The lowest BCUT2D eigenvalue weighted by atomic mass is 10.3. The number of nitriles is 1. The normalized spacial score (nSPS) is 10.6. The number of nitrogens with zero attached hydrogens (tertiary/aromatic N) is 5. The van der Waals surface area contributed by atoms with E-state index < -0.39 is 0 Å². The first-order chi connectivity index (χ1) is 9.19. The number of hydrogen-bond donors (Lipinski definition) is 0. The number of imidazole rings is 1. The molecule has 5 nitrogen and oxygen atoms in total. The molecule has 0 aliphatic heterocycles. The van der Waals surface area contributed by atoms with Crippen molar-refractivity contribution in [3.63, 3.8) is 0 Å². The van der Waals surface area contributed by atoms with Crippen molar-refractivity contribution in [1.82, 2.24) is 19.5 Å². The van der Waals surface area contributed by atoms with Crippen molar-refractivity contribution in [3.05, 3.63) is 47.5 Å². The Morgan fingerprint density at radius 3 is 2.68 bits per heavy atom. The molecule has 0 saturated heterocycles. The molecule has 3 aromatic rings. The Morgan fingerprint density at radius 2 is 1.89 bits per heavy atom. The highest BCUT2D eigenvalue weighted by atomic mass is 15.2. The van der Waals surface area contributed by atoms with Gasteiger partial charge in [-0.2, -0.15) is 5.26 Å². The lowest BCUT2D eigenvalue weighted by molar-refractivity contribution is 0.886. The molecule has 0 spiro atoms. The van der Waals surface area contributed by atoms with E-state index in [1.54, 1.807) is 6.07 Å². The molecule has 0 fully saturated rings. The van der Waals surface area contributed by atoms with Crippen LogP contribution in [0.5, 0.6) is 0 Å². The molecule has 0 radical (unpaired) electrons. The van der Waals surface area contributed by atoms with Crippen molar-refractivity contribution >= 4 is 11.0 Å². The number of hydrogen-bond acceptors (Lipinski definition) is 4. The van der Waals surface area contributed by atoms with Gasteiger partial charge in [0.25, 0.3) is 0 Å². The zero-order valence-corrected chi connectivity index (χ0v) is 10.6. The minimum absolute atomic E-state index is 0.361. The van der Waals surface area contributed by atoms with Crippen LogP contribution >= 0.6 is 0 Å². The van der Waals surface area contributed by atoms with Gasteiger partial charge < -0.3 is 0 Å². The maximum atomic E-state index is 9.00. The monoisotopic (exact) mass is 249 g/mol. The number of para-hydroxylation sites is 2. The molecular formula is C14H11N5. The zero-order chi connectivity index (χ0) is 13.4. The minimum atomic E-state index is 0.361. The van der Waals surface area contributed by atoms with Crippen LogP contribution in [0.3, 0.4) is 0 Å². The third kappa shape index (κ3) is 1.83. The molecule has 92 valence electrons. The van der Waals surface area contributed by atoms with Gasteiger partial charge in [0, 0.05) is 5.69 Å². The third-order valence-electron chi connectivity index (χ3n) is 2.89. The van der Waals surface area contributed by atoms with Crippen LogP contribution in [-0.4, -0.2) is 19.5 Å². The van der Waals surface area contributed by atoms with Gasteiger partial charge in [-0.15, -0.1) is 0 Å². The highest BCUT2D eigenvalue weighted by molar-refractivity contribution is 5.77. The van der Waals surface area contributed by atoms with E-state index in [1.807, 2.05) is 42.7 Å². The topological polar surface area (TPSA) is 67.4 Å². The summed E-state index contributed by atoms with van der Waals surface area (Å²) >= 11 is 0. The molecule has 2 aromatic heterocycles. The van der Waals surface area contributed by atoms with E-state index in [9.17, 15) is 0 Å². The minimum Gasteiger partial charge on any atom is -0.264 e. The fourth-order valence-corrected chi connectivity index (χ4v) is 2.11. The van der Waals surface area contributed by atoms with Crippen molar-refractivity contribution in [2.45, 2.75) is 13.8 Å². The van der Waals surface area contributed by atoms with E-state index in [4.69, 9.17) is 5.26 Å². The van der Waals surface area contributed by atoms with Crippen LogP contribution in [0.4, 0.5) is 0 Å². The summed E-state index contributed by atoms with van der Waals surface area (Å²) < 4.78 is 1.86. The van der Waals surface area contributed by atoms with Crippen LogP contribution in [0.1, 0.15) is 17.2 Å². The first-order valence-corrected chi connectivity index (χ1v) is 5.89. The SMILES string of the molecule is Cc1cc(C#N)nc(-n2c(C)nc3ccccc32)n1. The van der Waals surface area contributed by atoms with Crippen molar-refractivity contribution in [1.29, 1.82) is 5.26 Å². The van der Waals surface area contributed by atoms with Gasteiger partial charge in [0.1, 0.15) is 17.6 Å². The molecule has 5 heteroatoms. The second kappa shape index (κ2) is 4.18. The third-order valence-corrected chi connectivity index (χ3v) is 2.89. The van der Waals surface area contributed by atoms with Gasteiger partial charge in [0.05, 0.1) is 11.0 Å². The Morgan fingerprint density at radius 1 is 1.11 bits per heavy atom. The average molecular weight is 249 g/mol. The van der Waals surface area contributed by atoms with Gasteiger partial charge in [0.2, 0.25) is 5.95 Å². The smallest absolute Gasteiger partial charge is 0.237 e. The average Bonchev–Trinajstić information content (AvgIpc) is 2.73. The van der Waals surface area contributed by atoms with Crippen LogP contribution in [0.25, 0.3) is 17.0 Å². The molecule has 0 unspecified atom stereocenters. The van der Waals surface area contributed by atoms with Gasteiger partial charge in [-0.05, 0) is 32.0 Å². The Hall–Kier alpha value is -2.74. The first kappa shape index (κ1) is 11.4. The lowest BCUT2D eigenvalue weighted by Gasteiger charge is -2.05. The number of aryl methyl sites for hydroxylation is 2. The first-order valence-electron chi connectivity index (χ1n) is 5.89. The maximum absolute atomic E-state index is 9.00. The van der Waals surface area contributed by atoms with Crippen molar-refractivity contribution in [2.24, 2.45) is 0 Å². The van der Waals surface area contributed by atoms with Crippen molar-refractivity contribution < 1.29 is 0 Å². The predicted molar refractivity (Wildman–Crippen MR) is 70.8 cm³/mol. The maximum Gasteiger partial charge on any atom is 0.237 e. The van der Waals surface area contributed by atoms with Gasteiger partial charge >= 0.3 is 0 Å². The van der Waals surface area contributed by atoms with Crippen molar-refractivity contribution in [2.75, 3.05) is 0 Å². The van der Waals surface area contributed by atoms with E-state index in [1.165, 1.54) is 0 Å². The largest absolute Gasteiger partial charge is 0.264 e. The molecule has 1 aromatic carbocycles. The molecule has 0 saturated carbocycles. The predicted octanol–water partition coefficient (Wildman–Crippen LogP) is 2.30.